The summed E-state index contributed by atoms with van der Waals surface area (Å²) in [6.07, 6.45) is -3.59. The van der Waals surface area contributed by atoms with Crippen LogP contribution < -0.4 is 15.4 Å². The number of anilines is 4. The Kier molecular flexibility index (Phi) is 6.93. The molecule has 6 bridgehead atoms. The van der Waals surface area contributed by atoms with Crippen LogP contribution in [0.1, 0.15) is 5.56 Å². The summed E-state index contributed by atoms with van der Waals surface area (Å²) in [4.78, 5) is 17.5. The van der Waals surface area contributed by atoms with Gasteiger partial charge in [-0.2, -0.15) is 18.2 Å². The van der Waals surface area contributed by atoms with Crippen molar-refractivity contribution in [1.82, 2.24) is 9.97 Å². The quantitative estimate of drug-likeness (QED) is 0.359. The molecule has 1 aliphatic heterocycles. The molecular formula is C19H15ClF3N5O4S. The van der Waals surface area contributed by atoms with Gasteiger partial charge in [-0.1, -0.05) is 29.8 Å². The molecule has 0 fully saturated rings. The summed E-state index contributed by atoms with van der Waals surface area (Å²) in [5, 5.41) is 13.7. The number of carboxylic acid groups (broad SMARTS) is 1. The second-order valence-electron chi connectivity index (χ2n) is 6.51. The van der Waals surface area contributed by atoms with Gasteiger partial charge in [0.05, 0.1) is 11.1 Å². The summed E-state index contributed by atoms with van der Waals surface area (Å²) in [7, 11) is -3.72. The smallest absolute Gasteiger partial charge is 0.475 e. The fourth-order valence-electron chi connectivity index (χ4n) is 2.57. The van der Waals surface area contributed by atoms with Gasteiger partial charge in [0.25, 0.3) is 10.0 Å². The first kappa shape index (κ1) is 24.1. The molecule has 1 aromatic heterocycles. The van der Waals surface area contributed by atoms with E-state index in [-0.39, 0.29) is 4.90 Å². The van der Waals surface area contributed by atoms with E-state index in [0.717, 1.165) is 5.56 Å². The van der Waals surface area contributed by atoms with Crippen LogP contribution in [0.5, 0.6) is 0 Å². The highest BCUT2D eigenvalue weighted by atomic mass is 35.5. The maximum atomic E-state index is 12.7. The summed E-state index contributed by atoms with van der Waals surface area (Å²) < 4.78 is 59.7. The zero-order valence-corrected chi connectivity index (χ0v) is 18.0. The predicted molar refractivity (Wildman–Crippen MR) is 115 cm³/mol. The zero-order valence-electron chi connectivity index (χ0n) is 16.4. The monoisotopic (exact) mass is 501 g/mol. The number of carboxylic acids is 1. The minimum Gasteiger partial charge on any atom is -0.475 e. The van der Waals surface area contributed by atoms with Crippen molar-refractivity contribution in [2.24, 2.45) is 0 Å². The summed E-state index contributed by atoms with van der Waals surface area (Å²) in [6.45, 7) is 0.428. The van der Waals surface area contributed by atoms with Crippen LogP contribution in [0.25, 0.3) is 0 Å². The van der Waals surface area contributed by atoms with Crippen LogP contribution in [0.4, 0.5) is 36.3 Å². The van der Waals surface area contributed by atoms with Crippen LogP contribution >= 0.6 is 11.6 Å². The fraction of sp³-hybridized carbons (Fsp3) is 0.105. The van der Waals surface area contributed by atoms with Gasteiger partial charge in [0.15, 0.2) is 5.82 Å². The first-order valence-corrected chi connectivity index (χ1v) is 10.9. The molecule has 33 heavy (non-hydrogen) atoms. The number of halogens is 4. The number of benzene rings is 2. The molecule has 1 aliphatic rings. The average Bonchev–Trinajstić information content (AvgIpc) is 2.73. The van der Waals surface area contributed by atoms with Crippen LogP contribution in [0.15, 0.2) is 59.6 Å². The molecule has 0 radical (unpaired) electrons. The highest BCUT2D eigenvalue weighted by Gasteiger charge is 2.38. The molecule has 0 saturated heterocycles. The molecule has 4 N–H and O–H groups in total. The average molecular weight is 502 g/mol. The number of aromatic nitrogens is 2. The van der Waals surface area contributed by atoms with Crippen LogP contribution in [0, 0.1) is 0 Å². The lowest BCUT2D eigenvalue weighted by Crippen LogP contribution is -2.21. The van der Waals surface area contributed by atoms with Gasteiger partial charge in [-0.25, -0.2) is 18.2 Å². The fourth-order valence-corrected chi connectivity index (χ4v) is 3.82. The molecule has 4 rings (SSSR count). The molecule has 174 valence electrons. The van der Waals surface area contributed by atoms with E-state index in [2.05, 4.69) is 25.3 Å². The van der Waals surface area contributed by atoms with Crippen molar-refractivity contribution in [2.45, 2.75) is 17.6 Å². The Hall–Kier alpha value is -3.58. The Balaban J connectivity index is 0.000000383. The molecule has 0 spiro atoms. The van der Waals surface area contributed by atoms with Crippen molar-refractivity contribution >= 4 is 50.7 Å². The van der Waals surface area contributed by atoms with Crippen molar-refractivity contribution in [3.63, 3.8) is 0 Å². The van der Waals surface area contributed by atoms with Crippen molar-refractivity contribution in [3.05, 3.63) is 65.3 Å². The van der Waals surface area contributed by atoms with Crippen molar-refractivity contribution < 1.29 is 31.5 Å². The van der Waals surface area contributed by atoms with E-state index >= 15 is 0 Å². The number of aliphatic carboxylic acids is 1. The van der Waals surface area contributed by atoms with Gasteiger partial charge in [0.2, 0.25) is 5.95 Å². The first-order valence-electron chi connectivity index (χ1n) is 8.99. The standard InChI is InChI=1S/C17H14ClN5O2S.C2HF3O2/c18-15-10-20-17-21-12-4-2-6-14(8-12)26(24,25)23-13-5-1-3-11(7-13)9-19-16(15)22-17;3-2(4,5)1(6)7/h1-8,10,23H,9H2,(H2,19,20,21,22);(H,6,7). The third-order valence-electron chi connectivity index (χ3n) is 4.03. The Labute approximate surface area is 190 Å². The van der Waals surface area contributed by atoms with E-state index in [1.165, 1.54) is 18.3 Å². The molecule has 2 heterocycles. The summed E-state index contributed by atoms with van der Waals surface area (Å²) in [5.41, 5.74) is 1.90. The lowest BCUT2D eigenvalue weighted by molar-refractivity contribution is -0.192. The lowest BCUT2D eigenvalue weighted by atomic mass is 10.2. The summed E-state index contributed by atoms with van der Waals surface area (Å²) >= 11 is 6.16. The highest BCUT2D eigenvalue weighted by Crippen LogP contribution is 2.25. The molecule has 0 unspecified atom stereocenters. The van der Waals surface area contributed by atoms with Crippen LogP contribution in [-0.4, -0.2) is 35.6 Å². The number of alkyl halides is 3. The van der Waals surface area contributed by atoms with E-state index in [1.54, 1.807) is 30.3 Å². The lowest BCUT2D eigenvalue weighted by Gasteiger charge is -2.14. The predicted octanol–water partition coefficient (Wildman–Crippen LogP) is 4.23. The second kappa shape index (κ2) is 9.50. The SMILES string of the molecule is O=C(O)C(F)(F)F.O=S1(=O)Nc2cccc(c2)CNc2nc(ncc2Cl)Nc2cccc1c2. The molecule has 0 aliphatic carbocycles. The normalized spacial score (nSPS) is 14.2. The van der Waals surface area contributed by atoms with Gasteiger partial charge in [-0.3, -0.25) is 4.72 Å². The molecule has 2 aromatic carbocycles. The van der Waals surface area contributed by atoms with Crippen molar-refractivity contribution in [2.75, 3.05) is 15.4 Å². The first-order chi connectivity index (χ1) is 15.4. The Morgan fingerprint density at radius 2 is 1.76 bits per heavy atom. The van der Waals surface area contributed by atoms with Crippen molar-refractivity contribution in [1.29, 1.82) is 0 Å². The Morgan fingerprint density at radius 1 is 1.09 bits per heavy atom. The second-order valence-corrected chi connectivity index (χ2v) is 8.59. The van der Waals surface area contributed by atoms with Gasteiger partial charge in [-0.05, 0) is 35.9 Å². The van der Waals surface area contributed by atoms with E-state index in [0.29, 0.717) is 34.7 Å². The molecule has 0 atom stereocenters. The van der Waals surface area contributed by atoms with Gasteiger partial charge in [0.1, 0.15) is 5.02 Å². The molecule has 0 saturated carbocycles. The van der Waals surface area contributed by atoms with Crippen LogP contribution in [-0.2, 0) is 21.4 Å². The number of nitrogens with zero attached hydrogens (tertiary/aromatic N) is 2. The topological polar surface area (TPSA) is 133 Å². The molecule has 14 heteroatoms. The van der Waals surface area contributed by atoms with Gasteiger partial charge < -0.3 is 15.7 Å². The molecule has 0 amide bonds. The number of rotatable bonds is 0. The van der Waals surface area contributed by atoms with Crippen molar-refractivity contribution in [3.8, 4) is 0 Å². The van der Waals surface area contributed by atoms with Crippen LogP contribution in [0.3, 0.4) is 0 Å². The van der Waals surface area contributed by atoms with E-state index in [1.807, 2.05) is 6.07 Å². The molecular weight excluding hydrogens is 487 g/mol. The largest absolute Gasteiger partial charge is 0.490 e. The highest BCUT2D eigenvalue weighted by molar-refractivity contribution is 7.92. The number of fused-ring (bicyclic) bond motifs is 6. The molecule has 3 aromatic rings. The Morgan fingerprint density at radius 3 is 2.45 bits per heavy atom. The third kappa shape index (κ3) is 6.46. The summed E-state index contributed by atoms with van der Waals surface area (Å²) in [6, 6.07) is 13.5. The number of hydrogen-bond acceptors (Lipinski definition) is 7. The number of hydrogen-bond donors (Lipinski definition) is 4. The van der Waals surface area contributed by atoms with E-state index in [4.69, 9.17) is 21.5 Å². The van der Waals surface area contributed by atoms with Crippen LogP contribution in [0.2, 0.25) is 5.02 Å². The zero-order chi connectivity index (χ0) is 24.2. The maximum absolute atomic E-state index is 12.7. The number of nitrogens with one attached hydrogen (secondary N) is 3. The minimum atomic E-state index is -5.08. The van der Waals surface area contributed by atoms with Gasteiger partial charge in [-0.15, -0.1) is 0 Å². The molecule has 9 nitrogen and oxygen atoms in total. The van der Waals surface area contributed by atoms with Gasteiger partial charge in [0, 0.05) is 17.9 Å². The Bertz CT molecular complexity index is 1290. The van der Waals surface area contributed by atoms with Gasteiger partial charge >= 0.3 is 12.1 Å². The van der Waals surface area contributed by atoms with E-state index < -0.39 is 22.2 Å². The number of carbonyl (C=O) groups is 1. The third-order valence-corrected chi connectivity index (χ3v) is 5.68. The summed E-state index contributed by atoms with van der Waals surface area (Å²) in [5.74, 6) is -1.96. The maximum Gasteiger partial charge on any atom is 0.490 e. The minimum absolute atomic E-state index is 0.136. The number of sulfonamides is 1. The van der Waals surface area contributed by atoms with E-state index in [9.17, 15) is 21.6 Å².